The van der Waals surface area contributed by atoms with E-state index in [4.69, 9.17) is 4.74 Å². The van der Waals surface area contributed by atoms with Gasteiger partial charge in [-0.2, -0.15) is 0 Å². The molecule has 0 radical (unpaired) electrons. The fraction of sp³-hybridized carbons (Fsp3) is 0.250. The average Bonchev–Trinajstić information content (AvgIpc) is 3.30. The van der Waals surface area contributed by atoms with Gasteiger partial charge < -0.3 is 14.6 Å². The maximum Gasteiger partial charge on any atom is 0.251 e. The molecule has 1 N–H and O–H groups in total. The second-order valence-corrected chi connectivity index (χ2v) is 6.33. The minimum Gasteiger partial charge on any atom is -0.383 e. The van der Waals surface area contributed by atoms with E-state index >= 15 is 0 Å². The lowest BCUT2D eigenvalue weighted by molar-refractivity contribution is 0.0954. The SMILES string of the molecule is COCCn1ccc2cc(C(=O)NCCc3nnc4ccccn34)ccc21. The standard InChI is InChI=1S/C20H21N5O2/c1-27-13-12-24-11-8-15-14-16(5-6-17(15)24)20(26)21-9-7-19-23-22-18-4-2-3-10-25(18)19/h2-6,8,10-11,14H,7,9,12-13H2,1H3,(H,21,26). The topological polar surface area (TPSA) is 73.4 Å². The molecule has 3 aromatic heterocycles. The van der Waals surface area contributed by atoms with Crippen molar-refractivity contribution >= 4 is 22.5 Å². The molecule has 0 fully saturated rings. The summed E-state index contributed by atoms with van der Waals surface area (Å²) < 4.78 is 9.18. The summed E-state index contributed by atoms with van der Waals surface area (Å²) in [5.41, 5.74) is 2.55. The van der Waals surface area contributed by atoms with Gasteiger partial charge in [-0.3, -0.25) is 9.20 Å². The van der Waals surface area contributed by atoms with Gasteiger partial charge in [0.1, 0.15) is 5.82 Å². The Morgan fingerprint density at radius 3 is 2.96 bits per heavy atom. The van der Waals surface area contributed by atoms with E-state index in [1.54, 1.807) is 7.11 Å². The first-order chi connectivity index (χ1) is 13.3. The molecular weight excluding hydrogens is 342 g/mol. The molecule has 0 bridgehead atoms. The van der Waals surface area contributed by atoms with Gasteiger partial charge in [-0.1, -0.05) is 6.07 Å². The van der Waals surface area contributed by atoms with Crippen LogP contribution in [0.5, 0.6) is 0 Å². The van der Waals surface area contributed by atoms with Crippen LogP contribution in [0.25, 0.3) is 16.6 Å². The molecule has 0 aliphatic rings. The zero-order valence-corrected chi connectivity index (χ0v) is 15.1. The molecule has 138 valence electrons. The summed E-state index contributed by atoms with van der Waals surface area (Å²) >= 11 is 0. The largest absolute Gasteiger partial charge is 0.383 e. The Hall–Kier alpha value is -3.19. The highest BCUT2D eigenvalue weighted by molar-refractivity contribution is 5.98. The van der Waals surface area contributed by atoms with E-state index in [1.807, 2.05) is 59.3 Å². The highest BCUT2D eigenvalue weighted by atomic mass is 16.5. The van der Waals surface area contributed by atoms with Crippen LogP contribution in [0.3, 0.4) is 0 Å². The van der Waals surface area contributed by atoms with Crippen molar-refractivity contribution in [3.63, 3.8) is 0 Å². The number of carbonyl (C=O) groups excluding carboxylic acids is 1. The van der Waals surface area contributed by atoms with Crippen LogP contribution in [0.15, 0.2) is 54.9 Å². The van der Waals surface area contributed by atoms with Crippen LogP contribution < -0.4 is 5.32 Å². The second kappa shape index (κ2) is 7.59. The van der Waals surface area contributed by atoms with E-state index in [-0.39, 0.29) is 5.91 Å². The minimum atomic E-state index is -0.0876. The zero-order chi connectivity index (χ0) is 18.6. The van der Waals surface area contributed by atoms with Gasteiger partial charge in [0.05, 0.1) is 6.61 Å². The van der Waals surface area contributed by atoms with E-state index < -0.39 is 0 Å². The van der Waals surface area contributed by atoms with E-state index in [1.165, 1.54) is 0 Å². The van der Waals surface area contributed by atoms with E-state index in [0.717, 1.165) is 28.9 Å². The Morgan fingerprint density at radius 2 is 2.07 bits per heavy atom. The third-order valence-corrected chi connectivity index (χ3v) is 4.59. The first kappa shape index (κ1) is 17.2. The number of carbonyl (C=O) groups is 1. The van der Waals surface area contributed by atoms with E-state index in [9.17, 15) is 4.79 Å². The number of pyridine rings is 1. The lowest BCUT2D eigenvalue weighted by atomic mass is 10.1. The molecular formula is C20H21N5O2. The van der Waals surface area contributed by atoms with Gasteiger partial charge in [-0.15, -0.1) is 10.2 Å². The van der Waals surface area contributed by atoms with Crippen LogP contribution in [-0.4, -0.2) is 45.3 Å². The Balaban J connectivity index is 1.40. The molecule has 3 heterocycles. The number of fused-ring (bicyclic) bond motifs is 2. The van der Waals surface area contributed by atoms with Crippen molar-refractivity contribution in [3.05, 3.63) is 66.2 Å². The van der Waals surface area contributed by atoms with Crippen LogP contribution in [0.1, 0.15) is 16.2 Å². The smallest absolute Gasteiger partial charge is 0.251 e. The first-order valence-electron chi connectivity index (χ1n) is 8.91. The lowest BCUT2D eigenvalue weighted by Gasteiger charge is -2.07. The average molecular weight is 363 g/mol. The number of aromatic nitrogens is 4. The molecule has 0 unspecified atom stereocenters. The second-order valence-electron chi connectivity index (χ2n) is 6.33. The third kappa shape index (κ3) is 3.54. The van der Waals surface area contributed by atoms with Crippen molar-refractivity contribution in [2.75, 3.05) is 20.3 Å². The summed E-state index contributed by atoms with van der Waals surface area (Å²) in [6, 6.07) is 13.5. The summed E-state index contributed by atoms with van der Waals surface area (Å²) in [6.45, 7) is 1.95. The number of hydrogen-bond donors (Lipinski definition) is 1. The van der Waals surface area contributed by atoms with Gasteiger partial charge in [0.25, 0.3) is 5.91 Å². The van der Waals surface area contributed by atoms with Crippen LogP contribution in [0.4, 0.5) is 0 Å². The number of benzene rings is 1. The quantitative estimate of drug-likeness (QED) is 0.547. The monoisotopic (exact) mass is 363 g/mol. The predicted octanol–water partition coefficient (Wildman–Crippen LogP) is 2.30. The number of amides is 1. The highest BCUT2D eigenvalue weighted by Crippen LogP contribution is 2.18. The lowest BCUT2D eigenvalue weighted by Crippen LogP contribution is -2.26. The van der Waals surface area contributed by atoms with Gasteiger partial charge >= 0.3 is 0 Å². The van der Waals surface area contributed by atoms with Crippen molar-refractivity contribution in [2.24, 2.45) is 0 Å². The molecule has 7 nitrogen and oxygen atoms in total. The fourth-order valence-electron chi connectivity index (χ4n) is 3.18. The summed E-state index contributed by atoms with van der Waals surface area (Å²) in [4.78, 5) is 12.5. The van der Waals surface area contributed by atoms with Crippen LogP contribution >= 0.6 is 0 Å². The maximum atomic E-state index is 12.5. The van der Waals surface area contributed by atoms with Gasteiger partial charge in [0, 0.05) is 55.5 Å². The Bertz CT molecular complexity index is 1080. The molecule has 7 heteroatoms. The molecule has 1 amide bonds. The van der Waals surface area contributed by atoms with Crippen molar-refractivity contribution in [2.45, 2.75) is 13.0 Å². The Morgan fingerprint density at radius 1 is 1.15 bits per heavy atom. The van der Waals surface area contributed by atoms with E-state index in [0.29, 0.717) is 25.1 Å². The highest BCUT2D eigenvalue weighted by Gasteiger charge is 2.09. The maximum absolute atomic E-state index is 12.5. The first-order valence-corrected chi connectivity index (χ1v) is 8.91. The number of ether oxygens (including phenoxy) is 1. The summed E-state index contributed by atoms with van der Waals surface area (Å²) in [7, 11) is 1.69. The Labute approximate surface area is 156 Å². The number of nitrogens with one attached hydrogen (secondary N) is 1. The summed E-state index contributed by atoms with van der Waals surface area (Å²) in [5.74, 6) is 0.743. The Kier molecular flexibility index (Phi) is 4.84. The van der Waals surface area contributed by atoms with Crippen molar-refractivity contribution in [3.8, 4) is 0 Å². The molecule has 0 saturated carbocycles. The molecule has 0 saturated heterocycles. The van der Waals surface area contributed by atoms with Crippen molar-refractivity contribution in [1.82, 2.24) is 24.5 Å². The molecule has 27 heavy (non-hydrogen) atoms. The minimum absolute atomic E-state index is 0.0876. The van der Waals surface area contributed by atoms with Crippen molar-refractivity contribution < 1.29 is 9.53 Å². The van der Waals surface area contributed by atoms with Crippen LogP contribution in [0.2, 0.25) is 0 Å². The molecule has 0 spiro atoms. The normalized spacial score (nSPS) is 11.3. The van der Waals surface area contributed by atoms with Gasteiger partial charge in [0.2, 0.25) is 0 Å². The van der Waals surface area contributed by atoms with Gasteiger partial charge in [-0.05, 0) is 36.4 Å². The molecule has 0 aliphatic heterocycles. The fourth-order valence-corrected chi connectivity index (χ4v) is 3.18. The molecule has 4 rings (SSSR count). The number of rotatable bonds is 7. The van der Waals surface area contributed by atoms with E-state index in [2.05, 4.69) is 20.1 Å². The molecule has 0 atom stereocenters. The number of nitrogens with zero attached hydrogens (tertiary/aromatic N) is 4. The molecule has 1 aromatic carbocycles. The predicted molar refractivity (Wildman–Crippen MR) is 103 cm³/mol. The number of methoxy groups -OCH3 is 1. The number of hydrogen-bond acceptors (Lipinski definition) is 4. The molecule has 4 aromatic rings. The third-order valence-electron chi connectivity index (χ3n) is 4.59. The van der Waals surface area contributed by atoms with Crippen molar-refractivity contribution in [1.29, 1.82) is 0 Å². The summed E-state index contributed by atoms with van der Waals surface area (Å²) in [5, 5.41) is 12.3. The van der Waals surface area contributed by atoms with Crippen LogP contribution in [-0.2, 0) is 17.7 Å². The van der Waals surface area contributed by atoms with Crippen LogP contribution in [0, 0.1) is 0 Å². The summed E-state index contributed by atoms with van der Waals surface area (Å²) in [6.07, 6.45) is 4.56. The van der Waals surface area contributed by atoms with Gasteiger partial charge in [-0.25, -0.2) is 0 Å². The van der Waals surface area contributed by atoms with Gasteiger partial charge in [0.15, 0.2) is 5.65 Å². The zero-order valence-electron chi connectivity index (χ0n) is 15.1. The molecule has 0 aliphatic carbocycles.